The van der Waals surface area contributed by atoms with Crippen molar-refractivity contribution in [3.8, 4) is 0 Å². The highest BCUT2D eigenvalue weighted by molar-refractivity contribution is 5.69. The quantitative estimate of drug-likeness (QED) is 0.630. The zero-order valence-electron chi connectivity index (χ0n) is 10.5. The van der Waals surface area contributed by atoms with Crippen molar-refractivity contribution in [3.63, 3.8) is 0 Å². The van der Waals surface area contributed by atoms with Crippen LogP contribution in [0, 0.1) is 10.1 Å². The van der Waals surface area contributed by atoms with Crippen LogP contribution in [-0.2, 0) is 4.79 Å². The van der Waals surface area contributed by atoms with Gasteiger partial charge in [0.2, 0.25) is 0 Å². The molecule has 6 heteroatoms. The number of benzene rings is 1. The fourth-order valence-corrected chi connectivity index (χ4v) is 2.66. The Morgan fingerprint density at radius 1 is 1.32 bits per heavy atom. The number of rotatable bonds is 5. The van der Waals surface area contributed by atoms with Crippen LogP contribution in [0.15, 0.2) is 24.3 Å². The summed E-state index contributed by atoms with van der Waals surface area (Å²) in [6.45, 7) is 0. The summed E-state index contributed by atoms with van der Waals surface area (Å²) in [5.74, 6) is -0.823. The number of nitrogens with one attached hydrogen (secondary N) is 1. The Morgan fingerprint density at radius 3 is 2.37 bits per heavy atom. The van der Waals surface area contributed by atoms with Gasteiger partial charge in [0.05, 0.1) is 11.3 Å². The molecule has 19 heavy (non-hydrogen) atoms. The summed E-state index contributed by atoms with van der Waals surface area (Å²) in [6, 6.07) is 6.09. The van der Waals surface area contributed by atoms with Crippen LogP contribution in [0.25, 0.3) is 0 Å². The van der Waals surface area contributed by atoms with E-state index < -0.39 is 16.4 Å². The number of anilines is 1. The minimum Gasteiger partial charge on any atom is -0.481 e. The summed E-state index contributed by atoms with van der Waals surface area (Å²) in [5.41, 5.74) is 0.347. The molecule has 1 aliphatic carbocycles. The highest BCUT2D eigenvalue weighted by Gasteiger charge is 2.35. The lowest BCUT2D eigenvalue weighted by molar-refractivity contribution is -0.384. The zero-order valence-corrected chi connectivity index (χ0v) is 10.5. The predicted octanol–water partition coefficient (Wildman–Crippen LogP) is 2.79. The molecule has 0 atom stereocenters. The van der Waals surface area contributed by atoms with Crippen molar-refractivity contribution in [3.05, 3.63) is 34.4 Å². The van der Waals surface area contributed by atoms with Gasteiger partial charge in [0.1, 0.15) is 0 Å². The number of carbonyl (C=O) groups is 1. The van der Waals surface area contributed by atoms with E-state index in [-0.39, 0.29) is 12.1 Å². The highest BCUT2D eigenvalue weighted by atomic mass is 16.6. The third-order valence-electron chi connectivity index (χ3n) is 3.54. The van der Waals surface area contributed by atoms with Gasteiger partial charge in [-0.25, -0.2) is 0 Å². The van der Waals surface area contributed by atoms with Crippen LogP contribution in [0.3, 0.4) is 0 Å². The maximum atomic E-state index is 11.0. The number of aliphatic carboxylic acids is 1. The van der Waals surface area contributed by atoms with E-state index in [2.05, 4.69) is 5.32 Å². The second-order valence-electron chi connectivity index (χ2n) is 4.99. The summed E-state index contributed by atoms with van der Waals surface area (Å²) in [5, 5.41) is 22.8. The number of non-ortho nitro benzene ring substituents is 1. The van der Waals surface area contributed by atoms with Gasteiger partial charge in [-0.15, -0.1) is 0 Å². The van der Waals surface area contributed by atoms with Crippen LogP contribution < -0.4 is 5.32 Å². The van der Waals surface area contributed by atoms with Crippen molar-refractivity contribution >= 4 is 17.3 Å². The van der Waals surface area contributed by atoms with Gasteiger partial charge in [0.25, 0.3) is 5.69 Å². The van der Waals surface area contributed by atoms with E-state index in [0.29, 0.717) is 0 Å². The largest absolute Gasteiger partial charge is 0.481 e. The average molecular weight is 264 g/mol. The molecule has 6 nitrogen and oxygen atoms in total. The van der Waals surface area contributed by atoms with Gasteiger partial charge in [-0.2, -0.15) is 0 Å². The van der Waals surface area contributed by atoms with E-state index >= 15 is 0 Å². The second-order valence-corrected chi connectivity index (χ2v) is 4.99. The maximum absolute atomic E-state index is 11.0. The van der Waals surface area contributed by atoms with Gasteiger partial charge < -0.3 is 10.4 Å². The van der Waals surface area contributed by atoms with Crippen LogP contribution in [0.4, 0.5) is 11.4 Å². The topological polar surface area (TPSA) is 92.5 Å². The summed E-state index contributed by atoms with van der Waals surface area (Å²) in [7, 11) is 0. The highest BCUT2D eigenvalue weighted by Crippen LogP contribution is 2.36. The molecule has 0 bridgehead atoms. The molecular formula is C13H16N2O4. The van der Waals surface area contributed by atoms with Gasteiger partial charge in [0.15, 0.2) is 0 Å². The molecule has 2 N–H and O–H groups in total. The molecule has 0 heterocycles. The molecule has 1 aromatic rings. The zero-order chi connectivity index (χ0) is 13.9. The van der Waals surface area contributed by atoms with Gasteiger partial charge in [0, 0.05) is 23.4 Å². The molecule has 1 saturated carbocycles. The Hall–Kier alpha value is -2.11. The molecule has 1 fully saturated rings. The predicted molar refractivity (Wildman–Crippen MR) is 70.2 cm³/mol. The van der Waals surface area contributed by atoms with Crippen molar-refractivity contribution in [2.75, 3.05) is 5.32 Å². The number of hydrogen-bond donors (Lipinski definition) is 2. The summed E-state index contributed by atoms with van der Waals surface area (Å²) in [6.07, 6.45) is 3.72. The Morgan fingerprint density at radius 2 is 1.89 bits per heavy atom. The van der Waals surface area contributed by atoms with Crippen LogP contribution in [0.5, 0.6) is 0 Å². The van der Waals surface area contributed by atoms with Crippen LogP contribution in [0.2, 0.25) is 0 Å². The number of nitrogens with zero attached hydrogens (tertiary/aromatic N) is 1. The number of carboxylic acid groups (broad SMARTS) is 1. The van der Waals surface area contributed by atoms with E-state index in [1.165, 1.54) is 12.1 Å². The van der Waals surface area contributed by atoms with Gasteiger partial charge >= 0.3 is 5.97 Å². The summed E-state index contributed by atoms with van der Waals surface area (Å²) < 4.78 is 0. The Bertz CT molecular complexity index is 478. The third-order valence-corrected chi connectivity index (χ3v) is 3.54. The lowest BCUT2D eigenvalue weighted by atomic mass is 9.93. The molecule has 0 radical (unpaired) electrons. The SMILES string of the molecule is O=C(O)CC1(Nc2ccc([N+](=O)[O-])cc2)CCCC1. The van der Waals surface area contributed by atoms with Crippen LogP contribution in [-0.4, -0.2) is 21.5 Å². The monoisotopic (exact) mass is 264 g/mol. The second kappa shape index (κ2) is 5.26. The molecule has 2 rings (SSSR count). The molecule has 1 aliphatic rings. The van der Waals surface area contributed by atoms with Gasteiger partial charge in [-0.1, -0.05) is 12.8 Å². The lowest BCUT2D eigenvalue weighted by Crippen LogP contribution is -2.37. The van der Waals surface area contributed by atoms with E-state index in [9.17, 15) is 14.9 Å². The fraction of sp³-hybridized carbons (Fsp3) is 0.462. The molecule has 0 aliphatic heterocycles. The van der Waals surface area contributed by atoms with Crippen molar-refractivity contribution in [2.24, 2.45) is 0 Å². The first-order chi connectivity index (χ1) is 9.01. The first-order valence-electron chi connectivity index (χ1n) is 6.25. The summed E-state index contributed by atoms with van der Waals surface area (Å²) >= 11 is 0. The molecular weight excluding hydrogens is 248 g/mol. The third kappa shape index (κ3) is 3.21. The lowest BCUT2D eigenvalue weighted by Gasteiger charge is -2.29. The van der Waals surface area contributed by atoms with E-state index in [1.807, 2.05) is 0 Å². The van der Waals surface area contributed by atoms with Crippen LogP contribution in [0.1, 0.15) is 32.1 Å². The molecule has 102 valence electrons. The molecule has 1 aromatic carbocycles. The fourth-order valence-electron chi connectivity index (χ4n) is 2.66. The first kappa shape index (κ1) is 13.3. The summed E-state index contributed by atoms with van der Waals surface area (Å²) in [4.78, 5) is 21.1. The molecule has 0 unspecified atom stereocenters. The maximum Gasteiger partial charge on any atom is 0.305 e. The molecule has 0 spiro atoms. The number of carboxylic acids is 1. The number of nitro groups is 1. The Labute approximate surface area is 110 Å². The Balaban J connectivity index is 2.13. The van der Waals surface area contributed by atoms with Crippen molar-refractivity contribution < 1.29 is 14.8 Å². The Kier molecular flexibility index (Phi) is 3.69. The van der Waals surface area contributed by atoms with E-state index in [4.69, 9.17) is 5.11 Å². The normalized spacial score (nSPS) is 17.1. The van der Waals surface area contributed by atoms with Crippen molar-refractivity contribution in [1.29, 1.82) is 0 Å². The van der Waals surface area contributed by atoms with E-state index in [1.54, 1.807) is 12.1 Å². The molecule has 0 saturated heterocycles. The van der Waals surface area contributed by atoms with Crippen molar-refractivity contribution in [1.82, 2.24) is 0 Å². The average Bonchev–Trinajstić information content (AvgIpc) is 2.77. The first-order valence-corrected chi connectivity index (χ1v) is 6.25. The number of hydrogen-bond acceptors (Lipinski definition) is 4. The smallest absolute Gasteiger partial charge is 0.305 e. The van der Waals surface area contributed by atoms with Gasteiger partial charge in [-0.05, 0) is 25.0 Å². The number of nitro benzene ring substituents is 1. The van der Waals surface area contributed by atoms with Crippen LogP contribution >= 0.6 is 0 Å². The van der Waals surface area contributed by atoms with Gasteiger partial charge in [-0.3, -0.25) is 14.9 Å². The minimum absolute atomic E-state index is 0.0317. The molecule has 0 amide bonds. The standard InChI is InChI=1S/C13H16N2O4/c16-12(17)9-13(7-1-2-8-13)14-10-3-5-11(6-4-10)15(18)19/h3-6,14H,1-2,7-9H2,(H,16,17). The van der Waals surface area contributed by atoms with Crippen molar-refractivity contribution in [2.45, 2.75) is 37.6 Å². The van der Waals surface area contributed by atoms with E-state index in [0.717, 1.165) is 31.4 Å². The minimum atomic E-state index is -0.823. The molecule has 0 aromatic heterocycles.